The van der Waals surface area contributed by atoms with Crippen LogP contribution in [0.3, 0.4) is 0 Å². The van der Waals surface area contributed by atoms with Crippen molar-refractivity contribution in [2.75, 3.05) is 26.2 Å². The van der Waals surface area contributed by atoms with E-state index in [2.05, 4.69) is 29.0 Å². The number of nitrogens with one attached hydrogen (secondary N) is 1. The van der Waals surface area contributed by atoms with Gasteiger partial charge in [-0.1, -0.05) is 36.5 Å². The van der Waals surface area contributed by atoms with E-state index in [0.29, 0.717) is 6.04 Å². The molecule has 0 bridgehead atoms. The molecule has 2 nitrogen and oxygen atoms in total. The molecular formula is C17H24N2. The molecule has 1 atom stereocenters. The van der Waals surface area contributed by atoms with Crippen molar-refractivity contribution in [3.63, 3.8) is 0 Å². The minimum absolute atomic E-state index is 0.624. The van der Waals surface area contributed by atoms with E-state index < -0.39 is 0 Å². The normalized spacial score (nSPS) is 17.5. The lowest BCUT2D eigenvalue weighted by atomic mass is 10.1. The second kappa shape index (κ2) is 7.99. The summed E-state index contributed by atoms with van der Waals surface area (Å²) in [6.45, 7) is 6.64. The summed E-state index contributed by atoms with van der Waals surface area (Å²) in [5.74, 6) is 6.35. The lowest BCUT2D eigenvalue weighted by molar-refractivity contribution is 0.172. The number of piperidine rings is 1. The first kappa shape index (κ1) is 14.1. The van der Waals surface area contributed by atoms with E-state index in [4.69, 9.17) is 0 Å². The minimum atomic E-state index is 0.624. The zero-order chi connectivity index (χ0) is 13.3. The van der Waals surface area contributed by atoms with Crippen LogP contribution in [0.5, 0.6) is 0 Å². The van der Waals surface area contributed by atoms with Crippen LogP contribution in [0.15, 0.2) is 30.3 Å². The lowest BCUT2D eigenvalue weighted by Crippen LogP contribution is -2.43. The van der Waals surface area contributed by atoms with Crippen molar-refractivity contribution < 1.29 is 0 Å². The third kappa shape index (κ3) is 5.06. The quantitative estimate of drug-likeness (QED) is 0.658. The molecule has 1 fully saturated rings. The average molecular weight is 256 g/mol. The molecule has 0 amide bonds. The lowest BCUT2D eigenvalue weighted by Gasteiger charge is -2.32. The summed E-state index contributed by atoms with van der Waals surface area (Å²) in [7, 11) is 0. The second-order valence-electron chi connectivity index (χ2n) is 5.24. The van der Waals surface area contributed by atoms with Crippen molar-refractivity contribution in [2.45, 2.75) is 32.2 Å². The molecule has 2 rings (SSSR count). The summed E-state index contributed by atoms with van der Waals surface area (Å²) in [4.78, 5) is 2.58. The van der Waals surface area contributed by atoms with Gasteiger partial charge in [-0.05, 0) is 45.0 Å². The smallest absolute Gasteiger partial charge is 0.0580 e. The van der Waals surface area contributed by atoms with Crippen molar-refractivity contribution in [1.29, 1.82) is 0 Å². The predicted octanol–water partition coefficient (Wildman–Crippen LogP) is 2.50. The van der Waals surface area contributed by atoms with Crippen molar-refractivity contribution in [3.8, 4) is 11.8 Å². The summed E-state index contributed by atoms with van der Waals surface area (Å²) in [5.41, 5.74) is 1.09. The Morgan fingerprint density at radius 3 is 2.63 bits per heavy atom. The molecule has 1 aromatic carbocycles. The van der Waals surface area contributed by atoms with Gasteiger partial charge in [0.2, 0.25) is 0 Å². The molecule has 1 unspecified atom stereocenters. The average Bonchev–Trinajstić information content (AvgIpc) is 2.49. The molecule has 102 valence electrons. The summed E-state index contributed by atoms with van der Waals surface area (Å²) in [5, 5.41) is 3.44. The maximum Gasteiger partial charge on any atom is 0.0580 e. The van der Waals surface area contributed by atoms with Gasteiger partial charge in [0.25, 0.3) is 0 Å². The molecule has 0 radical (unpaired) electrons. The molecule has 1 heterocycles. The molecule has 0 spiro atoms. The molecule has 1 aliphatic rings. The molecule has 1 aromatic rings. The minimum Gasteiger partial charge on any atom is -0.305 e. The first-order valence-electron chi connectivity index (χ1n) is 7.35. The van der Waals surface area contributed by atoms with Gasteiger partial charge < -0.3 is 5.32 Å². The van der Waals surface area contributed by atoms with Crippen LogP contribution < -0.4 is 5.32 Å². The topological polar surface area (TPSA) is 15.3 Å². The van der Waals surface area contributed by atoms with Gasteiger partial charge in [-0.3, -0.25) is 4.90 Å². The van der Waals surface area contributed by atoms with E-state index >= 15 is 0 Å². The molecule has 0 aliphatic carbocycles. The molecule has 1 aliphatic heterocycles. The van der Waals surface area contributed by atoms with Crippen molar-refractivity contribution in [2.24, 2.45) is 0 Å². The monoisotopic (exact) mass is 256 g/mol. The number of rotatable bonds is 4. The molecular weight excluding hydrogens is 232 g/mol. The van der Waals surface area contributed by atoms with Crippen LogP contribution in [0, 0.1) is 11.8 Å². The maximum atomic E-state index is 3.44. The van der Waals surface area contributed by atoms with Gasteiger partial charge in [0.1, 0.15) is 0 Å². The van der Waals surface area contributed by atoms with Crippen LogP contribution in [0.25, 0.3) is 0 Å². The Morgan fingerprint density at radius 1 is 1.16 bits per heavy atom. The summed E-state index contributed by atoms with van der Waals surface area (Å²) >= 11 is 0. The van der Waals surface area contributed by atoms with Crippen LogP contribution in [-0.4, -0.2) is 37.1 Å². The Morgan fingerprint density at radius 2 is 1.89 bits per heavy atom. The van der Waals surface area contributed by atoms with Gasteiger partial charge in [0.05, 0.1) is 6.54 Å². The Balaban J connectivity index is 1.65. The highest BCUT2D eigenvalue weighted by molar-refractivity contribution is 5.33. The highest BCUT2D eigenvalue weighted by Crippen LogP contribution is 2.11. The summed E-state index contributed by atoms with van der Waals surface area (Å²) in [6.07, 6.45) is 4.12. The second-order valence-corrected chi connectivity index (χ2v) is 5.24. The standard InChI is InChI=1S/C17H24N2/c1-16(19-13-6-3-7-14-19)15-18-12-8-11-17-9-4-2-5-10-17/h2,4-5,9-10,16,18H,3,6-7,12-15H2,1H3. The van der Waals surface area contributed by atoms with Crippen LogP contribution in [0.4, 0.5) is 0 Å². The van der Waals surface area contributed by atoms with Gasteiger partial charge >= 0.3 is 0 Å². The zero-order valence-corrected chi connectivity index (χ0v) is 11.9. The largest absolute Gasteiger partial charge is 0.305 e. The van der Waals surface area contributed by atoms with Crippen LogP contribution >= 0.6 is 0 Å². The molecule has 0 saturated carbocycles. The van der Waals surface area contributed by atoms with E-state index in [1.807, 2.05) is 30.3 Å². The van der Waals surface area contributed by atoms with Crippen molar-refractivity contribution >= 4 is 0 Å². The summed E-state index contributed by atoms with van der Waals surface area (Å²) < 4.78 is 0. The van der Waals surface area contributed by atoms with Crippen LogP contribution in [0.2, 0.25) is 0 Å². The third-order valence-corrected chi connectivity index (χ3v) is 3.67. The predicted molar refractivity (Wildman–Crippen MR) is 81.1 cm³/mol. The van der Waals surface area contributed by atoms with E-state index in [9.17, 15) is 0 Å². The molecule has 2 heteroatoms. The first-order valence-corrected chi connectivity index (χ1v) is 7.35. The number of hydrogen-bond acceptors (Lipinski definition) is 2. The van der Waals surface area contributed by atoms with E-state index in [-0.39, 0.29) is 0 Å². The Labute approximate surface area is 117 Å². The fraction of sp³-hybridized carbons (Fsp3) is 0.529. The Hall–Kier alpha value is -1.30. The van der Waals surface area contributed by atoms with Crippen LogP contribution in [-0.2, 0) is 0 Å². The van der Waals surface area contributed by atoms with Gasteiger partial charge in [-0.2, -0.15) is 0 Å². The Bertz CT molecular complexity index is 410. The number of likely N-dealkylation sites (tertiary alicyclic amines) is 1. The third-order valence-electron chi connectivity index (χ3n) is 3.67. The Kier molecular flexibility index (Phi) is 5.94. The van der Waals surface area contributed by atoms with Gasteiger partial charge in [-0.25, -0.2) is 0 Å². The molecule has 0 aromatic heterocycles. The zero-order valence-electron chi connectivity index (χ0n) is 11.9. The highest BCUT2D eigenvalue weighted by atomic mass is 15.2. The number of nitrogens with zero attached hydrogens (tertiary/aromatic N) is 1. The SMILES string of the molecule is CC(CNCC#Cc1ccccc1)N1CCCCC1. The highest BCUT2D eigenvalue weighted by Gasteiger charge is 2.15. The van der Waals surface area contributed by atoms with E-state index in [1.165, 1.54) is 32.4 Å². The van der Waals surface area contributed by atoms with Crippen molar-refractivity contribution in [3.05, 3.63) is 35.9 Å². The maximum absolute atomic E-state index is 3.44. The van der Waals surface area contributed by atoms with Gasteiger partial charge in [0, 0.05) is 18.2 Å². The van der Waals surface area contributed by atoms with E-state index in [1.54, 1.807) is 0 Å². The fourth-order valence-corrected chi connectivity index (χ4v) is 2.50. The van der Waals surface area contributed by atoms with E-state index in [0.717, 1.165) is 18.7 Å². The first-order chi connectivity index (χ1) is 9.36. The van der Waals surface area contributed by atoms with Gasteiger partial charge in [0.15, 0.2) is 0 Å². The molecule has 1 saturated heterocycles. The molecule has 19 heavy (non-hydrogen) atoms. The number of benzene rings is 1. The summed E-state index contributed by atoms with van der Waals surface area (Å²) in [6, 6.07) is 10.8. The van der Waals surface area contributed by atoms with Gasteiger partial charge in [-0.15, -0.1) is 0 Å². The van der Waals surface area contributed by atoms with Crippen LogP contribution in [0.1, 0.15) is 31.7 Å². The van der Waals surface area contributed by atoms with Crippen molar-refractivity contribution in [1.82, 2.24) is 10.2 Å². The number of hydrogen-bond donors (Lipinski definition) is 1. The molecule has 1 N–H and O–H groups in total. The fourth-order valence-electron chi connectivity index (χ4n) is 2.50.